The molecule has 1 N–H and O–H groups in total. The molecule has 0 bridgehead atoms. The van der Waals surface area contributed by atoms with Crippen LogP contribution in [0.4, 0.5) is 0 Å². The molecule has 1 fully saturated rings. The summed E-state index contributed by atoms with van der Waals surface area (Å²) >= 11 is 5.95. The van der Waals surface area contributed by atoms with Crippen LogP contribution in [0.5, 0.6) is 0 Å². The van der Waals surface area contributed by atoms with Crippen molar-refractivity contribution in [2.75, 3.05) is 26.2 Å². The quantitative estimate of drug-likeness (QED) is 0.554. The Morgan fingerprint density at radius 2 is 1.78 bits per heavy atom. The molecule has 3 heterocycles. The van der Waals surface area contributed by atoms with E-state index in [1.165, 1.54) is 17.4 Å². The Balaban J connectivity index is 1.44. The number of carbonyl (C=O) groups excluding carboxylic acids is 3. The maximum absolute atomic E-state index is 12.7. The van der Waals surface area contributed by atoms with Gasteiger partial charge >= 0.3 is 0 Å². The zero-order valence-electron chi connectivity index (χ0n) is 14.3. The predicted octanol–water partition coefficient (Wildman–Crippen LogP) is 2.58. The molecular weight excluding hydrogens is 370 g/mol. The van der Waals surface area contributed by atoms with Gasteiger partial charge in [0.05, 0.1) is 11.8 Å². The van der Waals surface area contributed by atoms with Gasteiger partial charge in [-0.05, 0) is 24.3 Å². The van der Waals surface area contributed by atoms with Crippen LogP contribution in [0.3, 0.4) is 0 Å². The highest BCUT2D eigenvalue weighted by Crippen LogP contribution is 2.23. The molecule has 27 heavy (non-hydrogen) atoms. The molecule has 1 aromatic carbocycles. The number of nitrogens with one attached hydrogen (secondary N) is 1. The number of aromatic nitrogens is 1. The number of nitrogens with zero attached hydrogens (tertiary/aromatic N) is 2. The molecule has 2 aromatic heterocycles. The van der Waals surface area contributed by atoms with Crippen molar-refractivity contribution in [3.8, 4) is 0 Å². The van der Waals surface area contributed by atoms with Crippen LogP contribution in [-0.2, 0) is 4.79 Å². The van der Waals surface area contributed by atoms with Crippen molar-refractivity contribution in [1.29, 1.82) is 0 Å². The van der Waals surface area contributed by atoms with Gasteiger partial charge in [0.2, 0.25) is 0 Å². The number of Topliss-reactive ketones (excluding diaryl/α,β-unsaturated/α-hetero) is 1. The average molecular weight is 386 g/mol. The van der Waals surface area contributed by atoms with Gasteiger partial charge < -0.3 is 19.2 Å². The normalized spacial score (nSPS) is 14.6. The SMILES string of the molecule is O=C(C(=O)N1CCN(C(=O)c2ccco2)CC1)c1c[nH]c2cc(Cl)ccc12. The van der Waals surface area contributed by atoms with E-state index in [-0.39, 0.29) is 11.7 Å². The molecule has 0 unspecified atom stereocenters. The van der Waals surface area contributed by atoms with Crippen LogP contribution in [0.2, 0.25) is 5.02 Å². The van der Waals surface area contributed by atoms with Gasteiger partial charge in [-0.3, -0.25) is 14.4 Å². The molecule has 2 amide bonds. The zero-order chi connectivity index (χ0) is 19.0. The number of amides is 2. The summed E-state index contributed by atoms with van der Waals surface area (Å²) in [7, 11) is 0. The van der Waals surface area contributed by atoms with Crippen LogP contribution in [-0.4, -0.2) is 58.6 Å². The van der Waals surface area contributed by atoms with Gasteiger partial charge in [-0.2, -0.15) is 0 Å². The third kappa shape index (κ3) is 3.21. The maximum atomic E-state index is 12.7. The molecule has 138 valence electrons. The Bertz CT molecular complexity index is 1020. The minimum Gasteiger partial charge on any atom is -0.459 e. The number of piperazine rings is 1. The monoisotopic (exact) mass is 385 g/mol. The van der Waals surface area contributed by atoms with E-state index in [2.05, 4.69) is 4.98 Å². The number of fused-ring (bicyclic) bond motifs is 1. The van der Waals surface area contributed by atoms with Gasteiger partial charge in [0.1, 0.15) is 0 Å². The Morgan fingerprint density at radius 1 is 1.04 bits per heavy atom. The standard InChI is InChI=1S/C19H16ClN3O4/c20-12-3-4-13-14(11-21-15(13)10-12)17(24)19(26)23-7-5-22(6-8-23)18(25)16-2-1-9-27-16/h1-4,9-11,21H,5-8H2. The van der Waals surface area contributed by atoms with E-state index in [1.807, 2.05) is 0 Å². The maximum Gasteiger partial charge on any atom is 0.295 e. The number of ketones is 1. The molecule has 4 rings (SSSR count). The minimum absolute atomic E-state index is 0.216. The second-order valence-electron chi connectivity index (χ2n) is 6.28. The summed E-state index contributed by atoms with van der Waals surface area (Å²) in [5.41, 5.74) is 1.02. The third-order valence-electron chi connectivity index (χ3n) is 4.67. The van der Waals surface area contributed by atoms with E-state index in [1.54, 1.807) is 35.2 Å². The molecule has 1 aliphatic heterocycles. The molecule has 8 heteroatoms. The fourth-order valence-corrected chi connectivity index (χ4v) is 3.39. The molecule has 7 nitrogen and oxygen atoms in total. The van der Waals surface area contributed by atoms with E-state index in [9.17, 15) is 14.4 Å². The molecular formula is C19H16ClN3O4. The Morgan fingerprint density at radius 3 is 2.48 bits per heavy atom. The third-order valence-corrected chi connectivity index (χ3v) is 4.90. The fraction of sp³-hybridized carbons (Fsp3) is 0.211. The van der Waals surface area contributed by atoms with Crippen molar-refractivity contribution >= 4 is 40.1 Å². The lowest BCUT2D eigenvalue weighted by Gasteiger charge is -2.33. The Kier molecular flexibility index (Phi) is 4.45. The van der Waals surface area contributed by atoms with Crippen molar-refractivity contribution in [2.24, 2.45) is 0 Å². The number of halogens is 1. The van der Waals surface area contributed by atoms with E-state index in [0.717, 1.165) is 0 Å². The molecule has 0 atom stereocenters. The van der Waals surface area contributed by atoms with Gasteiger partial charge in [-0.25, -0.2) is 0 Å². The van der Waals surface area contributed by atoms with Crippen molar-refractivity contribution in [2.45, 2.75) is 0 Å². The van der Waals surface area contributed by atoms with Gasteiger partial charge in [-0.15, -0.1) is 0 Å². The molecule has 0 aliphatic carbocycles. The summed E-state index contributed by atoms with van der Waals surface area (Å²) in [6, 6.07) is 8.36. The number of rotatable bonds is 3. The van der Waals surface area contributed by atoms with Crippen LogP contribution in [0.15, 0.2) is 47.2 Å². The average Bonchev–Trinajstić information content (AvgIpc) is 3.36. The highest BCUT2D eigenvalue weighted by atomic mass is 35.5. The van der Waals surface area contributed by atoms with E-state index in [0.29, 0.717) is 47.7 Å². The van der Waals surface area contributed by atoms with E-state index in [4.69, 9.17) is 16.0 Å². The van der Waals surface area contributed by atoms with Gasteiger partial charge in [-0.1, -0.05) is 17.7 Å². The second kappa shape index (κ2) is 6.92. The van der Waals surface area contributed by atoms with Gasteiger partial charge in [0, 0.05) is 48.3 Å². The van der Waals surface area contributed by atoms with Crippen LogP contribution >= 0.6 is 11.6 Å². The summed E-state index contributed by atoms with van der Waals surface area (Å²) in [5.74, 6) is -1.10. The lowest BCUT2D eigenvalue weighted by atomic mass is 10.1. The lowest BCUT2D eigenvalue weighted by molar-refractivity contribution is -0.127. The summed E-state index contributed by atoms with van der Waals surface area (Å²) < 4.78 is 5.12. The van der Waals surface area contributed by atoms with Crippen LogP contribution in [0.25, 0.3) is 10.9 Å². The van der Waals surface area contributed by atoms with Crippen LogP contribution in [0, 0.1) is 0 Å². The van der Waals surface area contributed by atoms with Crippen molar-refractivity contribution in [1.82, 2.24) is 14.8 Å². The first kappa shape index (κ1) is 17.4. The number of aromatic amines is 1. The molecule has 0 saturated carbocycles. The highest BCUT2D eigenvalue weighted by molar-refractivity contribution is 6.45. The number of benzene rings is 1. The van der Waals surface area contributed by atoms with Crippen molar-refractivity contribution in [3.05, 3.63) is 59.1 Å². The molecule has 0 radical (unpaired) electrons. The number of furan rings is 1. The number of H-pyrrole nitrogens is 1. The molecule has 1 aliphatic rings. The second-order valence-corrected chi connectivity index (χ2v) is 6.72. The lowest BCUT2D eigenvalue weighted by Crippen LogP contribution is -2.52. The number of carbonyl (C=O) groups is 3. The summed E-state index contributed by atoms with van der Waals surface area (Å²) in [4.78, 5) is 43.6. The van der Waals surface area contributed by atoms with Gasteiger partial charge in [0.25, 0.3) is 17.6 Å². The van der Waals surface area contributed by atoms with E-state index >= 15 is 0 Å². The molecule has 3 aromatic rings. The minimum atomic E-state index is -0.575. The van der Waals surface area contributed by atoms with Gasteiger partial charge in [0.15, 0.2) is 5.76 Å². The summed E-state index contributed by atoms with van der Waals surface area (Å²) in [5, 5.41) is 1.21. The summed E-state index contributed by atoms with van der Waals surface area (Å²) in [6.45, 7) is 1.29. The Hall–Kier alpha value is -3.06. The van der Waals surface area contributed by atoms with Crippen molar-refractivity contribution in [3.63, 3.8) is 0 Å². The van der Waals surface area contributed by atoms with Crippen LogP contribution < -0.4 is 0 Å². The Labute approximate surface area is 159 Å². The number of hydrogen-bond donors (Lipinski definition) is 1. The first-order chi connectivity index (χ1) is 13.0. The smallest absolute Gasteiger partial charge is 0.295 e. The summed E-state index contributed by atoms with van der Waals surface area (Å²) in [6.07, 6.45) is 2.97. The van der Waals surface area contributed by atoms with E-state index < -0.39 is 11.7 Å². The largest absolute Gasteiger partial charge is 0.459 e. The fourth-order valence-electron chi connectivity index (χ4n) is 3.21. The zero-order valence-corrected chi connectivity index (χ0v) is 15.0. The first-order valence-electron chi connectivity index (χ1n) is 8.47. The highest BCUT2D eigenvalue weighted by Gasteiger charge is 2.30. The number of hydrogen-bond acceptors (Lipinski definition) is 4. The topological polar surface area (TPSA) is 86.6 Å². The first-order valence-corrected chi connectivity index (χ1v) is 8.85. The molecule has 0 spiro atoms. The predicted molar refractivity (Wildman–Crippen MR) is 98.8 cm³/mol. The van der Waals surface area contributed by atoms with Crippen LogP contribution in [0.1, 0.15) is 20.9 Å². The molecule has 1 saturated heterocycles. The van der Waals surface area contributed by atoms with Crippen molar-refractivity contribution < 1.29 is 18.8 Å².